The Balaban J connectivity index is 4.32. The van der Waals surface area contributed by atoms with Crippen LogP contribution in [0, 0.1) is 0 Å². The van der Waals surface area contributed by atoms with E-state index in [-0.39, 0.29) is 31.1 Å². The standard InChI is InChI=1S/C53H98O6/c1-4-7-10-13-16-19-22-24-26-27-29-31-34-37-40-43-46-52(55)58-49-50(48-57-51(54)45-42-39-36-33-30-21-18-15-12-9-6-3)59-53(56)47-44-41-38-35-32-28-25-23-20-17-14-11-8-5-2/h8,11,17,20,50H,4-7,9-10,12-16,18-19,21-49H2,1-3H3/b11-8-,20-17-. The summed E-state index contributed by atoms with van der Waals surface area (Å²) in [7, 11) is 0. The van der Waals surface area contributed by atoms with E-state index in [4.69, 9.17) is 14.2 Å². The monoisotopic (exact) mass is 831 g/mol. The molecular formula is C53H98O6. The predicted molar refractivity (Wildman–Crippen MR) is 252 cm³/mol. The zero-order valence-electron chi connectivity index (χ0n) is 39.5. The fourth-order valence-corrected chi connectivity index (χ4v) is 7.60. The van der Waals surface area contributed by atoms with Gasteiger partial charge in [-0.1, -0.05) is 238 Å². The van der Waals surface area contributed by atoms with Crippen LogP contribution in [0.15, 0.2) is 24.3 Å². The number of hydrogen-bond donors (Lipinski definition) is 0. The normalized spacial score (nSPS) is 12.1. The summed E-state index contributed by atoms with van der Waals surface area (Å²) < 4.78 is 16.8. The fraction of sp³-hybridized carbons (Fsp3) is 0.868. The van der Waals surface area contributed by atoms with E-state index in [0.29, 0.717) is 19.3 Å². The molecule has 6 heteroatoms. The quantitative estimate of drug-likeness (QED) is 0.0263. The van der Waals surface area contributed by atoms with Crippen molar-refractivity contribution in [2.45, 2.75) is 284 Å². The maximum Gasteiger partial charge on any atom is 0.306 e. The summed E-state index contributed by atoms with van der Waals surface area (Å²) in [5.74, 6) is -0.865. The lowest BCUT2D eigenvalue weighted by atomic mass is 10.0. The van der Waals surface area contributed by atoms with Crippen LogP contribution in [0.5, 0.6) is 0 Å². The molecule has 59 heavy (non-hydrogen) atoms. The molecule has 0 spiro atoms. The largest absolute Gasteiger partial charge is 0.462 e. The van der Waals surface area contributed by atoms with Crippen molar-refractivity contribution < 1.29 is 28.6 Å². The Morgan fingerprint density at radius 1 is 0.356 bits per heavy atom. The Morgan fingerprint density at radius 2 is 0.661 bits per heavy atom. The van der Waals surface area contributed by atoms with Crippen molar-refractivity contribution in [1.29, 1.82) is 0 Å². The summed E-state index contributed by atoms with van der Waals surface area (Å²) in [5.41, 5.74) is 0. The molecule has 0 heterocycles. The van der Waals surface area contributed by atoms with Gasteiger partial charge >= 0.3 is 17.9 Å². The molecule has 0 aromatic heterocycles. The van der Waals surface area contributed by atoms with Crippen LogP contribution in [0.4, 0.5) is 0 Å². The van der Waals surface area contributed by atoms with Crippen LogP contribution in [-0.2, 0) is 28.6 Å². The number of rotatable bonds is 47. The third kappa shape index (κ3) is 46.8. The predicted octanol–water partition coefficient (Wildman–Crippen LogP) is 16.8. The lowest BCUT2D eigenvalue weighted by Crippen LogP contribution is -2.30. The fourth-order valence-electron chi connectivity index (χ4n) is 7.60. The molecule has 0 aromatic carbocycles. The number of unbranched alkanes of at least 4 members (excludes halogenated alkanes) is 32. The number of ether oxygens (including phenoxy) is 3. The van der Waals surface area contributed by atoms with Crippen molar-refractivity contribution in [3.05, 3.63) is 24.3 Å². The summed E-state index contributed by atoms with van der Waals surface area (Å²) in [5, 5.41) is 0. The zero-order valence-corrected chi connectivity index (χ0v) is 39.5. The van der Waals surface area contributed by atoms with Gasteiger partial charge in [0.15, 0.2) is 6.10 Å². The number of allylic oxidation sites excluding steroid dienone is 4. The minimum atomic E-state index is -0.768. The first-order valence-electron chi connectivity index (χ1n) is 25.8. The van der Waals surface area contributed by atoms with Crippen LogP contribution in [0.3, 0.4) is 0 Å². The second-order valence-electron chi connectivity index (χ2n) is 17.4. The molecule has 0 aliphatic rings. The molecule has 0 rings (SSSR count). The molecule has 0 aliphatic heterocycles. The Hall–Kier alpha value is -2.11. The van der Waals surface area contributed by atoms with Gasteiger partial charge in [-0.3, -0.25) is 14.4 Å². The van der Waals surface area contributed by atoms with Crippen LogP contribution in [0.1, 0.15) is 278 Å². The van der Waals surface area contributed by atoms with Crippen LogP contribution >= 0.6 is 0 Å². The van der Waals surface area contributed by atoms with E-state index < -0.39 is 6.10 Å². The third-order valence-electron chi connectivity index (χ3n) is 11.5. The van der Waals surface area contributed by atoms with Gasteiger partial charge in [0, 0.05) is 19.3 Å². The summed E-state index contributed by atoms with van der Waals surface area (Å²) in [4.78, 5) is 37.9. The Morgan fingerprint density at radius 3 is 1.02 bits per heavy atom. The van der Waals surface area contributed by atoms with Crippen molar-refractivity contribution in [2.24, 2.45) is 0 Å². The lowest BCUT2D eigenvalue weighted by Gasteiger charge is -2.18. The summed E-state index contributed by atoms with van der Waals surface area (Å²) in [6.45, 7) is 6.55. The first kappa shape index (κ1) is 56.9. The smallest absolute Gasteiger partial charge is 0.306 e. The Kier molecular flexibility index (Phi) is 46.8. The number of hydrogen-bond acceptors (Lipinski definition) is 6. The van der Waals surface area contributed by atoms with E-state index in [1.54, 1.807) is 0 Å². The van der Waals surface area contributed by atoms with Crippen LogP contribution in [-0.4, -0.2) is 37.2 Å². The van der Waals surface area contributed by atoms with E-state index in [9.17, 15) is 14.4 Å². The zero-order chi connectivity index (χ0) is 43.0. The molecular weight excluding hydrogens is 733 g/mol. The highest BCUT2D eigenvalue weighted by molar-refractivity contribution is 5.71. The first-order valence-corrected chi connectivity index (χ1v) is 25.8. The van der Waals surface area contributed by atoms with Gasteiger partial charge in [-0.25, -0.2) is 0 Å². The first-order chi connectivity index (χ1) is 29.0. The highest BCUT2D eigenvalue weighted by Gasteiger charge is 2.19. The number of carbonyl (C=O) groups is 3. The molecule has 0 aliphatic carbocycles. The topological polar surface area (TPSA) is 78.9 Å². The van der Waals surface area contributed by atoms with Crippen molar-refractivity contribution in [1.82, 2.24) is 0 Å². The van der Waals surface area contributed by atoms with Gasteiger partial charge in [-0.05, 0) is 44.9 Å². The summed E-state index contributed by atoms with van der Waals surface area (Å²) in [6, 6.07) is 0. The molecule has 0 saturated carbocycles. The van der Waals surface area contributed by atoms with Crippen molar-refractivity contribution in [3.63, 3.8) is 0 Å². The van der Waals surface area contributed by atoms with Gasteiger partial charge in [0.2, 0.25) is 0 Å². The second kappa shape index (κ2) is 48.6. The highest BCUT2D eigenvalue weighted by Crippen LogP contribution is 2.16. The Labute approximate surface area is 366 Å². The molecule has 6 nitrogen and oxygen atoms in total. The number of esters is 3. The molecule has 346 valence electrons. The van der Waals surface area contributed by atoms with Gasteiger partial charge in [-0.15, -0.1) is 0 Å². The van der Waals surface area contributed by atoms with E-state index in [1.165, 1.54) is 161 Å². The van der Waals surface area contributed by atoms with E-state index in [2.05, 4.69) is 45.1 Å². The molecule has 1 unspecified atom stereocenters. The minimum absolute atomic E-state index is 0.0697. The van der Waals surface area contributed by atoms with E-state index in [1.807, 2.05) is 0 Å². The maximum absolute atomic E-state index is 12.8. The van der Waals surface area contributed by atoms with Crippen molar-refractivity contribution in [2.75, 3.05) is 13.2 Å². The van der Waals surface area contributed by atoms with Gasteiger partial charge in [0.1, 0.15) is 13.2 Å². The molecule has 1 atom stereocenters. The van der Waals surface area contributed by atoms with Crippen LogP contribution < -0.4 is 0 Å². The lowest BCUT2D eigenvalue weighted by molar-refractivity contribution is -0.167. The van der Waals surface area contributed by atoms with Crippen LogP contribution in [0.2, 0.25) is 0 Å². The summed E-state index contributed by atoms with van der Waals surface area (Å²) >= 11 is 0. The molecule has 0 aromatic rings. The second-order valence-corrected chi connectivity index (χ2v) is 17.4. The molecule has 0 N–H and O–H groups in total. The van der Waals surface area contributed by atoms with Crippen molar-refractivity contribution >= 4 is 17.9 Å². The van der Waals surface area contributed by atoms with Gasteiger partial charge < -0.3 is 14.2 Å². The Bertz CT molecular complexity index is 958. The molecule has 0 saturated heterocycles. The van der Waals surface area contributed by atoms with Gasteiger partial charge in [0.05, 0.1) is 0 Å². The van der Waals surface area contributed by atoms with E-state index >= 15 is 0 Å². The molecule has 0 radical (unpaired) electrons. The van der Waals surface area contributed by atoms with Crippen LogP contribution in [0.25, 0.3) is 0 Å². The minimum Gasteiger partial charge on any atom is -0.462 e. The SMILES string of the molecule is CC/C=C\C/C=C\CCCCCCCCCC(=O)OC(COC(=O)CCCCCCCCCCCCC)COC(=O)CCCCCCCCCCCCCCCCCC. The van der Waals surface area contributed by atoms with E-state index in [0.717, 1.165) is 77.0 Å². The molecule has 0 bridgehead atoms. The number of carbonyl (C=O) groups excluding carboxylic acids is 3. The van der Waals surface area contributed by atoms with Gasteiger partial charge in [0.25, 0.3) is 0 Å². The average Bonchev–Trinajstić information content (AvgIpc) is 3.23. The van der Waals surface area contributed by atoms with Crippen molar-refractivity contribution in [3.8, 4) is 0 Å². The highest BCUT2D eigenvalue weighted by atomic mass is 16.6. The summed E-state index contributed by atoms with van der Waals surface area (Å²) in [6.07, 6.45) is 54.4. The third-order valence-corrected chi connectivity index (χ3v) is 11.5. The average molecular weight is 831 g/mol. The maximum atomic E-state index is 12.8. The molecule has 0 fully saturated rings. The van der Waals surface area contributed by atoms with Gasteiger partial charge in [-0.2, -0.15) is 0 Å². The molecule has 0 amide bonds.